The number of rotatable bonds is 6. The molecule has 0 fully saturated rings. The van der Waals surface area contributed by atoms with Crippen molar-refractivity contribution in [3.63, 3.8) is 0 Å². The third kappa shape index (κ3) is 4.21. The van der Waals surface area contributed by atoms with Crippen molar-refractivity contribution in [1.29, 1.82) is 0 Å². The van der Waals surface area contributed by atoms with E-state index in [1.54, 1.807) is 0 Å². The van der Waals surface area contributed by atoms with Gasteiger partial charge in [-0.25, -0.2) is 4.68 Å². The highest BCUT2D eigenvalue weighted by Crippen LogP contribution is 2.18. The van der Waals surface area contributed by atoms with Gasteiger partial charge in [0, 0.05) is 6.54 Å². The van der Waals surface area contributed by atoms with Crippen LogP contribution in [0.5, 0.6) is 0 Å². The molecular weight excluding hydrogens is 266 g/mol. The van der Waals surface area contributed by atoms with Crippen molar-refractivity contribution in [2.24, 2.45) is 11.8 Å². The van der Waals surface area contributed by atoms with Crippen LogP contribution in [-0.2, 0) is 6.54 Å². The summed E-state index contributed by atoms with van der Waals surface area (Å²) < 4.78 is 1.36. The molecule has 108 valence electrons. The van der Waals surface area contributed by atoms with Crippen LogP contribution in [0.1, 0.15) is 27.7 Å². The van der Waals surface area contributed by atoms with Crippen molar-refractivity contribution in [1.82, 2.24) is 9.78 Å². The monoisotopic (exact) mass is 287 g/mol. The number of halogens is 1. The van der Waals surface area contributed by atoms with E-state index in [9.17, 15) is 9.90 Å². The van der Waals surface area contributed by atoms with Gasteiger partial charge in [0.25, 0.3) is 5.56 Å². The Bertz CT molecular complexity index is 471. The first-order valence-corrected chi connectivity index (χ1v) is 6.87. The first-order chi connectivity index (χ1) is 8.86. The zero-order valence-electron chi connectivity index (χ0n) is 11.9. The van der Waals surface area contributed by atoms with E-state index in [1.807, 2.05) is 27.7 Å². The Morgan fingerprint density at radius 1 is 1.42 bits per heavy atom. The molecule has 0 aliphatic carbocycles. The average Bonchev–Trinajstić information content (AvgIpc) is 2.33. The van der Waals surface area contributed by atoms with Crippen LogP contribution >= 0.6 is 11.6 Å². The van der Waals surface area contributed by atoms with Crippen molar-refractivity contribution >= 4 is 17.3 Å². The maximum atomic E-state index is 12.0. The maximum absolute atomic E-state index is 12.0. The first-order valence-electron chi connectivity index (χ1n) is 6.49. The molecule has 0 spiro atoms. The molecule has 1 aromatic rings. The van der Waals surface area contributed by atoms with Crippen LogP contribution in [0, 0.1) is 11.8 Å². The van der Waals surface area contributed by atoms with E-state index in [2.05, 4.69) is 10.4 Å². The Morgan fingerprint density at radius 3 is 2.53 bits per heavy atom. The number of hydrogen-bond acceptors (Lipinski definition) is 4. The van der Waals surface area contributed by atoms with Gasteiger partial charge in [0.2, 0.25) is 0 Å². The van der Waals surface area contributed by atoms with Gasteiger partial charge in [0.1, 0.15) is 5.02 Å². The smallest absolute Gasteiger partial charge is 0.287 e. The maximum Gasteiger partial charge on any atom is 0.287 e. The number of hydrogen-bond donors (Lipinski definition) is 2. The van der Waals surface area contributed by atoms with E-state index >= 15 is 0 Å². The lowest BCUT2D eigenvalue weighted by molar-refractivity contribution is 0.249. The van der Waals surface area contributed by atoms with Gasteiger partial charge < -0.3 is 10.4 Å². The Labute approximate surface area is 118 Å². The van der Waals surface area contributed by atoms with Gasteiger partial charge in [-0.3, -0.25) is 4.79 Å². The average molecular weight is 288 g/mol. The highest BCUT2D eigenvalue weighted by molar-refractivity contribution is 6.32. The summed E-state index contributed by atoms with van der Waals surface area (Å²) in [5.74, 6) is 0.542. The molecular formula is C13H22ClN3O2. The minimum atomic E-state index is -0.305. The molecule has 0 radical (unpaired) electrons. The van der Waals surface area contributed by atoms with Gasteiger partial charge in [-0.05, 0) is 11.8 Å². The number of anilines is 1. The summed E-state index contributed by atoms with van der Waals surface area (Å²) in [4.78, 5) is 12.0. The van der Waals surface area contributed by atoms with Crippen LogP contribution in [0.4, 0.5) is 5.69 Å². The fraction of sp³-hybridized carbons (Fsp3) is 0.692. The van der Waals surface area contributed by atoms with E-state index in [-0.39, 0.29) is 29.1 Å². The van der Waals surface area contributed by atoms with E-state index in [1.165, 1.54) is 10.9 Å². The third-order valence-electron chi connectivity index (χ3n) is 2.87. The molecule has 0 aromatic carbocycles. The van der Waals surface area contributed by atoms with E-state index in [4.69, 9.17) is 11.6 Å². The predicted molar refractivity (Wildman–Crippen MR) is 77.7 cm³/mol. The van der Waals surface area contributed by atoms with Crippen LogP contribution in [0.15, 0.2) is 11.0 Å². The highest BCUT2D eigenvalue weighted by Gasteiger charge is 2.16. The minimum absolute atomic E-state index is 0.0247. The van der Waals surface area contributed by atoms with Gasteiger partial charge >= 0.3 is 0 Å². The SMILES string of the molecule is CC(C)Cn1ncc(NC(CO)C(C)C)c(Cl)c1=O. The number of nitrogens with zero attached hydrogens (tertiary/aromatic N) is 2. The lowest BCUT2D eigenvalue weighted by Gasteiger charge is -2.21. The van der Waals surface area contributed by atoms with E-state index in [0.717, 1.165) is 0 Å². The van der Waals surface area contributed by atoms with Crippen molar-refractivity contribution in [3.05, 3.63) is 21.6 Å². The summed E-state index contributed by atoms with van der Waals surface area (Å²) >= 11 is 6.07. The fourth-order valence-electron chi connectivity index (χ4n) is 1.66. The van der Waals surface area contributed by atoms with Crippen LogP contribution in [-0.4, -0.2) is 27.5 Å². The van der Waals surface area contributed by atoms with Crippen LogP contribution in [0.25, 0.3) is 0 Å². The molecule has 0 amide bonds. The summed E-state index contributed by atoms with van der Waals surface area (Å²) in [6.07, 6.45) is 1.54. The lowest BCUT2D eigenvalue weighted by Crippen LogP contribution is -2.32. The molecule has 0 aliphatic rings. The van der Waals surface area contributed by atoms with Crippen molar-refractivity contribution < 1.29 is 5.11 Å². The van der Waals surface area contributed by atoms with Gasteiger partial charge in [-0.15, -0.1) is 0 Å². The molecule has 0 bridgehead atoms. The van der Waals surface area contributed by atoms with Gasteiger partial charge in [0.05, 0.1) is 24.5 Å². The molecule has 2 N–H and O–H groups in total. The highest BCUT2D eigenvalue weighted by atomic mass is 35.5. The quantitative estimate of drug-likeness (QED) is 0.839. The normalized spacial score (nSPS) is 13.1. The number of nitrogens with one attached hydrogen (secondary N) is 1. The first kappa shape index (κ1) is 16.0. The molecule has 0 saturated heterocycles. The Hall–Kier alpha value is -1.07. The second kappa shape index (κ2) is 6.91. The Balaban J connectivity index is 2.99. The van der Waals surface area contributed by atoms with Crippen LogP contribution < -0.4 is 10.9 Å². The van der Waals surface area contributed by atoms with E-state index in [0.29, 0.717) is 18.2 Å². The van der Waals surface area contributed by atoms with E-state index < -0.39 is 0 Å². The van der Waals surface area contributed by atoms with Gasteiger partial charge in [0.15, 0.2) is 0 Å². The topological polar surface area (TPSA) is 67.2 Å². The molecule has 1 aromatic heterocycles. The molecule has 0 saturated carbocycles. The van der Waals surface area contributed by atoms with Gasteiger partial charge in [-0.2, -0.15) is 5.10 Å². The molecule has 1 rings (SSSR count). The molecule has 5 nitrogen and oxygen atoms in total. The number of aliphatic hydroxyl groups is 1. The van der Waals surface area contributed by atoms with Crippen molar-refractivity contribution in [2.45, 2.75) is 40.3 Å². The molecule has 1 heterocycles. The fourth-order valence-corrected chi connectivity index (χ4v) is 1.87. The minimum Gasteiger partial charge on any atom is -0.394 e. The zero-order valence-corrected chi connectivity index (χ0v) is 12.6. The summed E-state index contributed by atoms with van der Waals surface area (Å²) in [6, 6.07) is -0.153. The summed E-state index contributed by atoms with van der Waals surface area (Å²) in [5, 5.41) is 16.6. The predicted octanol–water partition coefficient (Wildman–Crippen LogP) is 1.98. The molecule has 1 unspecified atom stereocenters. The number of aliphatic hydroxyl groups excluding tert-OH is 1. The zero-order chi connectivity index (χ0) is 14.6. The number of aromatic nitrogens is 2. The second-order valence-electron chi connectivity index (χ2n) is 5.43. The lowest BCUT2D eigenvalue weighted by atomic mass is 10.1. The third-order valence-corrected chi connectivity index (χ3v) is 3.23. The summed E-state index contributed by atoms with van der Waals surface area (Å²) in [7, 11) is 0. The second-order valence-corrected chi connectivity index (χ2v) is 5.81. The molecule has 1 atom stereocenters. The Kier molecular flexibility index (Phi) is 5.82. The largest absolute Gasteiger partial charge is 0.394 e. The van der Waals surface area contributed by atoms with Crippen molar-refractivity contribution in [3.8, 4) is 0 Å². The van der Waals surface area contributed by atoms with Crippen LogP contribution in [0.2, 0.25) is 5.02 Å². The molecule has 19 heavy (non-hydrogen) atoms. The molecule has 0 aliphatic heterocycles. The Morgan fingerprint density at radius 2 is 2.05 bits per heavy atom. The standard InChI is InChI=1S/C13H22ClN3O2/c1-8(2)6-17-13(19)12(14)10(5-15-17)16-11(7-18)9(3)4/h5,8-9,11,16,18H,6-7H2,1-4H3. The van der Waals surface area contributed by atoms with Gasteiger partial charge in [-0.1, -0.05) is 39.3 Å². The van der Waals surface area contributed by atoms with Crippen LogP contribution in [0.3, 0.4) is 0 Å². The van der Waals surface area contributed by atoms with Crippen molar-refractivity contribution in [2.75, 3.05) is 11.9 Å². The summed E-state index contributed by atoms with van der Waals surface area (Å²) in [5.41, 5.74) is 0.167. The summed E-state index contributed by atoms with van der Waals surface area (Å²) in [6.45, 7) is 8.49. The molecule has 6 heteroatoms.